The number of rotatable bonds is 3. The van der Waals surface area contributed by atoms with Crippen LogP contribution in [0.3, 0.4) is 0 Å². The fourth-order valence-electron chi connectivity index (χ4n) is 2.44. The van der Waals surface area contributed by atoms with E-state index in [2.05, 4.69) is 0 Å². The molecule has 17 heavy (non-hydrogen) atoms. The van der Waals surface area contributed by atoms with Crippen molar-refractivity contribution in [1.29, 1.82) is 0 Å². The second-order valence-electron chi connectivity index (χ2n) is 4.73. The highest BCUT2D eigenvalue weighted by Crippen LogP contribution is 2.41. The molecule has 92 valence electrons. The topological polar surface area (TPSA) is 63.6 Å². The van der Waals surface area contributed by atoms with Gasteiger partial charge in [-0.1, -0.05) is 6.08 Å². The maximum atomic E-state index is 12.0. The van der Waals surface area contributed by atoms with Gasteiger partial charge in [0.1, 0.15) is 0 Å². The van der Waals surface area contributed by atoms with E-state index >= 15 is 0 Å². The number of carboxylic acid groups (broad SMARTS) is 1. The van der Waals surface area contributed by atoms with Crippen LogP contribution in [-0.2, 0) is 14.3 Å². The monoisotopic (exact) mass is 236 g/mol. The third-order valence-electron chi connectivity index (χ3n) is 3.63. The molecular weight excluding hydrogens is 220 g/mol. The molecule has 4 heteroatoms. The van der Waals surface area contributed by atoms with Crippen LogP contribution in [0.4, 0.5) is 0 Å². The predicted molar refractivity (Wildman–Crippen MR) is 61.6 cm³/mol. The Kier molecular flexibility index (Phi) is 3.15. The Hall–Kier alpha value is -1.42. The van der Waals surface area contributed by atoms with Crippen LogP contribution in [-0.4, -0.2) is 30.1 Å². The highest BCUT2D eigenvalue weighted by molar-refractivity contribution is 5.99. The molecule has 1 atom stereocenters. The summed E-state index contributed by atoms with van der Waals surface area (Å²) in [5.74, 6) is -0.879. The summed E-state index contributed by atoms with van der Waals surface area (Å²) in [4.78, 5) is 22.7. The van der Waals surface area contributed by atoms with Gasteiger partial charge in [-0.15, -0.1) is 0 Å². The van der Waals surface area contributed by atoms with E-state index in [1.54, 1.807) is 6.08 Å². The number of hydrogen-bond donors (Lipinski definition) is 1. The third kappa shape index (κ3) is 2.17. The van der Waals surface area contributed by atoms with Gasteiger partial charge in [0.2, 0.25) is 0 Å². The number of ketones is 1. The van der Waals surface area contributed by atoms with Gasteiger partial charge in [-0.2, -0.15) is 0 Å². The zero-order valence-electron chi connectivity index (χ0n) is 9.86. The third-order valence-corrected chi connectivity index (χ3v) is 3.63. The molecule has 0 saturated heterocycles. The van der Waals surface area contributed by atoms with Crippen LogP contribution in [0.1, 0.15) is 26.2 Å². The second kappa shape index (κ2) is 4.45. The van der Waals surface area contributed by atoms with Crippen molar-refractivity contribution in [3.05, 3.63) is 23.3 Å². The number of carbonyl (C=O) groups excluding carboxylic acids is 1. The van der Waals surface area contributed by atoms with Crippen molar-refractivity contribution in [1.82, 2.24) is 0 Å². The van der Waals surface area contributed by atoms with Gasteiger partial charge in [0.25, 0.3) is 0 Å². The van der Waals surface area contributed by atoms with Gasteiger partial charge in [-0.3, -0.25) is 9.59 Å². The van der Waals surface area contributed by atoms with Crippen molar-refractivity contribution in [3.8, 4) is 0 Å². The zero-order valence-corrected chi connectivity index (χ0v) is 9.86. The van der Waals surface area contributed by atoms with Crippen molar-refractivity contribution in [3.63, 3.8) is 0 Å². The van der Waals surface area contributed by atoms with E-state index in [1.165, 1.54) is 0 Å². The second-order valence-corrected chi connectivity index (χ2v) is 4.73. The molecule has 0 spiro atoms. The molecule has 0 aromatic rings. The van der Waals surface area contributed by atoms with Crippen LogP contribution < -0.4 is 0 Å². The van der Waals surface area contributed by atoms with E-state index in [0.29, 0.717) is 19.6 Å². The van der Waals surface area contributed by atoms with Gasteiger partial charge in [0.05, 0.1) is 18.6 Å². The van der Waals surface area contributed by atoms with Crippen LogP contribution in [0.2, 0.25) is 0 Å². The Bertz CT molecular complexity index is 419. The van der Waals surface area contributed by atoms with E-state index < -0.39 is 11.4 Å². The van der Waals surface area contributed by atoms with Gasteiger partial charge in [-0.05, 0) is 37.0 Å². The molecule has 2 rings (SSSR count). The molecule has 1 unspecified atom stereocenters. The largest absolute Gasteiger partial charge is 0.481 e. The average Bonchev–Trinajstić information content (AvgIpc) is 2.32. The number of carbonyl (C=O) groups is 2. The fourth-order valence-corrected chi connectivity index (χ4v) is 2.44. The van der Waals surface area contributed by atoms with Crippen molar-refractivity contribution < 1.29 is 19.4 Å². The van der Waals surface area contributed by atoms with Gasteiger partial charge in [0.15, 0.2) is 5.78 Å². The Morgan fingerprint density at radius 3 is 3.00 bits per heavy atom. The highest BCUT2D eigenvalue weighted by Gasteiger charge is 2.40. The lowest BCUT2D eigenvalue weighted by Crippen LogP contribution is -2.36. The summed E-state index contributed by atoms with van der Waals surface area (Å²) >= 11 is 0. The average molecular weight is 236 g/mol. The number of allylic oxidation sites excluding steroid dienone is 2. The molecule has 4 nitrogen and oxygen atoms in total. The van der Waals surface area contributed by atoms with Crippen LogP contribution >= 0.6 is 0 Å². The lowest BCUT2D eigenvalue weighted by atomic mass is 9.69. The Morgan fingerprint density at radius 2 is 2.29 bits per heavy atom. The van der Waals surface area contributed by atoms with Crippen LogP contribution in [0.15, 0.2) is 23.3 Å². The highest BCUT2D eigenvalue weighted by atomic mass is 16.5. The first-order valence-corrected chi connectivity index (χ1v) is 5.78. The molecule has 0 radical (unpaired) electrons. The first-order valence-electron chi connectivity index (χ1n) is 5.78. The molecule has 1 N–H and O–H groups in total. The van der Waals surface area contributed by atoms with Crippen LogP contribution in [0.5, 0.6) is 0 Å². The van der Waals surface area contributed by atoms with E-state index in [-0.39, 0.29) is 12.2 Å². The van der Waals surface area contributed by atoms with Crippen molar-refractivity contribution in [2.24, 2.45) is 5.41 Å². The Morgan fingerprint density at radius 1 is 1.53 bits per heavy atom. The summed E-state index contributed by atoms with van der Waals surface area (Å²) in [7, 11) is 0. The molecule has 1 aliphatic carbocycles. The first kappa shape index (κ1) is 12.0. The van der Waals surface area contributed by atoms with Crippen LogP contribution in [0.25, 0.3) is 0 Å². The number of hydrogen-bond acceptors (Lipinski definition) is 3. The molecule has 0 aromatic heterocycles. The Balaban J connectivity index is 2.29. The Labute approximate surface area is 100.0 Å². The minimum atomic E-state index is -0.868. The SMILES string of the molecule is CC1(CCC(=O)O)C(=O)C=CC2=C1COCC2. The lowest BCUT2D eigenvalue weighted by molar-refractivity contribution is -0.137. The standard InChI is InChI=1S/C13H16O4/c1-13(6-4-12(15)16)10-8-17-7-5-9(10)2-3-11(13)14/h2-3H,4-8H2,1H3,(H,15,16). The number of carboxylic acids is 1. The van der Waals surface area contributed by atoms with Crippen molar-refractivity contribution in [2.75, 3.05) is 13.2 Å². The predicted octanol–water partition coefficient (Wildman–Crippen LogP) is 1.71. The maximum absolute atomic E-state index is 12.0. The maximum Gasteiger partial charge on any atom is 0.303 e. The number of ether oxygens (including phenoxy) is 1. The summed E-state index contributed by atoms with van der Waals surface area (Å²) in [5.41, 5.74) is 1.42. The van der Waals surface area contributed by atoms with E-state index in [1.807, 2.05) is 13.0 Å². The van der Waals surface area contributed by atoms with E-state index in [9.17, 15) is 9.59 Å². The van der Waals surface area contributed by atoms with Crippen molar-refractivity contribution >= 4 is 11.8 Å². The summed E-state index contributed by atoms with van der Waals surface area (Å²) in [6.45, 7) is 2.94. The van der Waals surface area contributed by atoms with E-state index in [4.69, 9.17) is 9.84 Å². The molecule has 0 fully saturated rings. The lowest BCUT2D eigenvalue weighted by Gasteiger charge is -2.36. The molecular formula is C13H16O4. The zero-order chi connectivity index (χ0) is 12.5. The molecule has 1 heterocycles. The normalized spacial score (nSPS) is 28.2. The van der Waals surface area contributed by atoms with Gasteiger partial charge < -0.3 is 9.84 Å². The molecule has 1 aliphatic heterocycles. The quantitative estimate of drug-likeness (QED) is 0.810. The smallest absolute Gasteiger partial charge is 0.303 e. The summed E-state index contributed by atoms with van der Waals surface area (Å²) in [6, 6.07) is 0. The molecule has 0 saturated carbocycles. The fraction of sp³-hybridized carbons (Fsp3) is 0.538. The van der Waals surface area contributed by atoms with E-state index in [0.717, 1.165) is 17.6 Å². The molecule has 0 bridgehead atoms. The minimum absolute atomic E-state index is 0.00681. The summed E-state index contributed by atoms with van der Waals surface area (Å²) < 4.78 is 5.40. The van der Waals surface area contributed by atoms with Gasteiger partial charge in [-0.25, -0.2) is 0 Å². The molecule has 0 aromatic carbocycles. The molecule has 0 amide bonds. The van der Waals surface area contributed by atoms with Gasteiger partial charge in [0, 0.05) is 6.42 Å². The minimum Gasteiger partial charge on any atom is -0.481 e. The summed E-state index contributed by atoms with van der Waals surface area (Å²) in [6.07, 6.45) is 4.58. The van der Waals surface area contributed by atoms with Gasteiger partial charge >= 0.3 is 5.97 Å². The number of aliphatic carboxylic acids is 1. The molecule has 2 aliphatic rings. The summed E-state index contributed by atoms with van der Waals surface area (Å²) in [5, 5.41) is 8.76. The van der Waals surface area contributed by atoms with Crippen molar-refractivity contribution in [2.45, 2.75) is 26.2 Å². The first-order chi connectivity index (χ1) is 8.04. The van der Waals surface area contributed by atoms with Crippen LogP contribution in [0, 0.1) is 5.41 Å².